The average Bonchev–Trinajstić information content (AvgIpc) is 2.16. The van der Waals surface area contributed by atoms with Crippen LogP contribution in [0.4, 0.5) is 0 Å². The van der Waals surface area contributed by atoms with Gasteiger partial charge in [-0.2, -0.15) is 0 Å². The lowest BCUT2D eigenvalue weighted by atomic mass is 10.1. The third kappa shape index (κ3) is 5.09. The Hall–Kier alpha value is -1.14. The molecule has 0 saturated heterocycles. The Labute approximate surface area is 95.0 Å². The minimum atomic E-state index is -0.849. The minimum absolute atomic E-state index is 0.268. The molecule has 0 fully saturated rings. The molecule has 0 aromatic heterocycles. The number of hydrogen-bond acceptors (Lipinski definition) is 4. The molecule has 0 aliphatic rings. The maximum atomic E-state index is 11.4. The third-order valence-corrected chi connectivity index (χ3v) is 1.90. The van der Waals surface area contributed by atoms with Crippen molar-refractivity contribution in [3.63, 3.8) is 0 Å². The van der Waals surface area contributed by atoms with Crippen LogP contribution in [-0.2, 0) is 9.59 Å². The molecule has 0 aliphatic heterocycles. The zero-order chi connectivity index (χ0) is 13.0. The lowest BCUT2D eigenvalue weighted by Gasteiger charge is -2.26. The maximum Gasteiger partial charge on any atom is 0.309 e. The van der Waals surface area contributed by atoms with Gasteiger partial charge in [0.05, 0.1) is 24.3 Å². The molecule has 0 unspecified atom stereocenters. The topological polar surface area (TPSA) is 98.7 Å². The molecule has 0 aromatic rings. The van der Waals surface area contributed by atoms with Gasteiger partial charge in [-0.3, -0.25) is 9.59 Å². The Morgan fingerprint density at radius 2 is 1.12 bits per heavy atom. The molecule has 0 saturated carbocycles. The van der Waals surface area contributed by atoms with E-state index in [0.29, 0.717) is 0 Å². The molecule has 0 heterocycles. The molecule has 0 aliphatic carbocycles. The lowest BCUT2D eigenvalue weighted by molar-refractivity contribution is -0.141. The van der Waals surface area contributed by atoms with Crippen molar-refractivity contribution in [3.8, 4) is 0 Å². The number of nitrogens with one attached hydrogen (secondary N) is 2. The van der Waals surface area contributed by atoms with Crippen LogP contribution >= 0.6 is 0 Å². The molecule has 4 N–H and O–H groups in total. The molecule has 0 radical (unpaired) electrons. The van der Waals surface area contributed by atoms with Gasteiger partial charge in [0.1, 0.15) is 0 Å². The number of carbonyl (C=O) groups excluding carboxylic acids is 2. The summed E-state index contributed by atoms with van der Waals surface area (Å²) >= 11 is 0. The summed E-state index contributed by atoms with van der Waals surface area (Å²) in [6.07, 6.45) is 0. The van der Waals surface area contributed by atoms with Crippen LogP contribution in [0.1, 0.15) is 27.7 Å². The summed E-state index contributed by atoms with van der Waals surface area (Å²) in [4.78, 5) is 22.8. The fourth-order valence-electron chi connectivity index (χ4n) is 0.807. The molecule has 94 valence electrons. The van der Waals surface area contributed by atoms with Gasteiger partial charge >= 0.3 is 11.8 Å². The Kier molecular flexibility index (Phi) is 4.89. The zero-order valence-corrected chi connectivity index (χ0v) is 10.1. The van der Waals surface area contributed by atoms with Gasteiger partial charge in [-0.05, 0) is 27.7 Å². The van der Waals surface area contributed by atoms with E-state index < -0.39 is 22.9 Å². The van der Waals surface area contributed by atoms with E-state index in [0.717, 1.165) is 0 Å². The summed E-state index contributed by atoms with van der Waals surface area (Å²) in [5.74, 6) is -1.67. The second-order valence-electron chi connectivity index (χ2n) is 4.99. The monoisotopic (exact) mass is 232 g/mol. The van der Waals surface area contributed by atoms with Crippen LogP contribution in [0.2, 0.25) is 0 Å². The van der Waals surface area contributed by atoms with Crippen molar-refractivity contribution in [1.29, 1.82) is 0 Å². The number of amides is 2. The summed E-state index contributed by atoms with van der Waals surface area (Å²) < 4.78 is 0. The van der Waals surface area contributed by atoms with Crippen molar-refractivity contribution in [2.75, 3.05) is 13.2 Å². The van der Waals surface area contributed by atoms with Crippen LogP contribution in [0.5, 0.6) is 0 Å². The first kappa shape index (κ1) is 14.9. The molecule has 0 atom stereocenters. The Bertz CT molecular complexity index is 246. The van der Waals surface area contributed by atoms with E-state index in [1.54, 1.807) is 27.7 Å². The van der Waals surface area contributed by atoms with Crippen molar-refractivity contribution in [2.24, 2.45) is 0 Å². The fourth-order valence-corrected chi connectivity index (χ4v) is 0.807. The first-order chi connectivity index (χ1) is 7.13. The van der Waals surface area contributed by atoms with Crippen molar-refractivity contribution < 1.29 is 19.8 Å². The van der Waals surface area contributed by atoms with Gasteiger partial charge in [-0.15, -0.1) is 0 Å². The highest BCUT2D eigenvalue weighted by atomic mass is 16.3. The highest BCUT2D eigenvalue weighted by Crippen LogP contribution is 2.01. The van der Waals surface area contributed by atoms with Gasteiger partial charge in [-0.25, -0.2) is 0 Å². The first-order valence-electron chi connectivity index (χ1n) is 5.00. The van der Waals surface area contributed by atoms with Crippen molar-refractivity contribution in [2.45, 2.75) is 38.8 Å². The summed E-state index contributed by atoms with van der Waals surface area (Å²) in [6.45, 7) is 5.83. The SMILES string of the molecule is CC(C)(CO)NC(=O)C(=O)NC(C)(C)CO. The van der Waals surface area contributed by atoms with Crippen molar-refractivity contribution in [3.05, 3.63) is 0 Å². The van der Waals surface area contributed by atoms with E-state index in [4.69, 9.17) is 10.2 Å². The van der Waals surface area contributed by atoms with Crippen LogP contribution in [0.15, 0.2) is 0 Å². The standard InChI is InChI=1S/C10H20N2O4/c1-9(2,5-13)11-7(15)8(16)12-10(3,4)6-14/h13-14H,5-6H2,1-4H3,(H,11,15)(H,12,16). The van der Waals surface area contributed by atoms with E-state index in [1.165, 1.54) is 0 Å². The Morgan fingerprint density at radius 1 is 0.875 bits per heavy atom. The van der Waals surface area contributed by atoms with Crippen molar-refractivity contribution >= 4 is 11.8 Å². The summed E-state index contributed by atoms with van der Waals surface area (Å²) in [5, 5.41) is 22.6. The number of aliphatic hydroxyl groups excluding tert-OH is 2. The van der Waals surface area contributed by atoms with E-state index in [2.05, 4.69) is 10.6 Å². The number of carbonyl (C=O) groups is 2. The zero-order valence-electron chi connectivity index (χ0n) is 10.1. The summed E-state index contributed by atoms with van der Waals surface area (Å²) in [5.41, 5.74) is -1.70. The third-order valence-electron chi connectivity index (χ3n) is 1.90. The van der Waals surface area contributed by atoms with E-state index >= 15 is 0 Å². The number of rotatable bonds is 4. The molecule has 2 amide bonds. The van der Waals surface area contributed by atoms with Gasteiger partial charge in [0, 0.05) is 0 Å². The second-order valence-corrected chi connectivity index (χ2v) is 4.99. The molecule has 16 heavy (non-hydrogen) atoms. The quantitative estimate of drug-likeness (QED) is 0.456. The van der Waals surface area contributed by atoms with Crippen LogP contribution < -0.4 is 10.6 Å². The highest BCUT2D eigenvalue weighted by Gasteiger charge is 2.27. The predicted molar refractivity (Wildman–Crippen MR) is 58.6 cm³/mol. The molecule has 0 aromatic carbocycles. The summed E-state index contributed by atoms with van der Waals surface area (Å²) in [7, 11) is 0. The van der Waals surface area contributed by atoms with Gasteiger partial charge in [-0.1, -0.05) is 0 Å². The van der Waals surface area contributed by atoms with Crippen LogP contribution in [0, 0.1) is 0 Å². The van der Waals surface area contributed by atoms with Gasteiger partial charge < -0.3 is 20.8 Å². The molecule has 0 spiro atoms. The smallest absolute Gasteiger partial charge is 0.309 e. The number of hydrogen-bond donors (Lipinski definition) is 4. The molecule has 6 heteroatoms. The Balaban J connectivity index is 4.37. The number of aliphatic hydroxyl groups is 2. The van der Waals surface area contributed by atoms with Crippen LogP contribution in [-0.4, -0.2) is 46.3 Å². The van der Waals surface area contributed by atoms with E-state index in [9.17, 15) is 9.59 Å². The molecular weight excluding hydrogens is 212 g/mol. The van der Waals surface area contributed by atoms with E-state index in [-0.39, 0.29) is 13.2 Å². The Morgan fingerprint density at radius 3 is 1.31 bits per heavy atom. The lowest BCUT2D eigenvalue weighted by Crippen LogP contribution is -2.56. The van der Waals surface area contributed by atoms with Gasteiger partial charge in [0.15, 0.2) is 0 Å². The van der Waals surface area contributed by atoms with Crippen LogP contribution in [0.25, 0.3) is 0 Å². The van der Waals surface area contributed by atoms with Crippen LogP contribution in [0.3, 0.4) is 0 Å². The first-order valence-corrected chi connectivity index (χ1v) is 5.00. The van der Waals surface area contributed by atoms with E-state index in [1.807, 2.05) is 0 Å². The molecule has 6 nitrogen and oxygen atoms in total. The normalized spacial score (nSPS) is 12.1. The summed E-state index contributed by atoms with van der Waals surface area (Å²) in [6, 6.07) is 0. The van der Waals surface area contributed by atoms with Gasteiger partial charge in [0.2, 0.25) is 0 Å². The van der Waals surface area contributed by atoms with Crippen molar-refractivity contribution in [1.82, 2.24) is 10.6 Å². The van der Waals surface area contributed by atoms with Gasteiger partial charge in [0.25, 0.3) is 0 Å². The molecular formula is C10H20N2O4. The minimum Gasteiger partial charge on any atom is -0.394 e. The highest BCUT2D eigenvalue weighted by molar-refractivity contribution is 6.35. The largest absolute Gasteiger partial charge is 0.394 e. The average molecular weight is 232 g/mol. The molecule has 0 rings (SSSR count). The fraction of sp³-hybridized carbons (Fsp3) is 0.800. The molecule has 0 bridgehead atoms. The predicted octanol–water partition coefficient (Wildman–Crippen LogP) is -1.24. The second kappa shape index (κ2) is 5.27. The maximum absolute atomic E-state index is 11.4.